The van der Waals surface area contributed by atoms with Gasteiger partial charge in [-0.1, -0.05) is 12.1 Å². The molecule has 8 heteroatoms. The minimum absolute atomic E-state index is 0.111. The summed E-state index contributed by atoms with van der Waals surface area (Å²) in [5.41, 5.74) is 1.44. The van der Waals surface area contributed by atoms with E-state index in [9.17, 15) is 19.2 Å². The molecule has 0 radical (unpaired) electrons. The summed E-state index contributed by atoms with van der Waals surface area (Å²) in [6.07, 6.45) is 1.60. The molecule has 0 bridgehead atoms. The number of aryl methyl sites for hydroxylation is 1. The molecule has 1 aromatic heterocycles. The summed E-state index contributed by atoms with van der Waals surface area (Å²) < 4.78 is 6.74. The number of rotatable bonds is 5. The monoisotopic (exact) mass is 405 g/mol. The van der Waals surface area contributed by atoms with E-state index in [0.717, 1.165) is 12.8 Å². The zero-order chi connectivity index (χ0) is 21.3. The van der Waals surface area contributed by atoms with Crippen LogP contribution in [0.1, 0.15) is 39.9 Å². The van der Waals surface area contributed by atoms with E-state index in [1.54, 1.807) is 34.9 Å². The maximum absolute atomic E-state index is 12.5. The van der Waals surface area contributed by atoms with Gasteiger partial charge in [-0.25, -0.2) is 9.78 Å². The number of nitrogens with one attached hydrogen (secondary N) is 1. The standard InChI is InChI=1S/C22H19N3O5/c1-13(26)14-4-2-5-16(10-14)23-20(27)12-30-22(29)15-7-8-17-18(11-15)24-19-6-3-9-25(19)21(17)28/h2,4-5,7-8,10-11H,3,6,9,12H2,1H3,(H,23,27). The smallest absolute Gasteiger partial charge is 0.338 e. The van der Waals surface area contributed by atoms with Crippen molar-refractivity contribution in [2.45, 2.75) is 26.3 Å². The number of fused-ring (bicyclic) bond motifs is 2. The van der Waals surface area contributed by atoms with Crippen LogP contribution in [-0.4, -0.2) is 33.8 Å². The molecule has 1 aliphatic rings. The highest BCUT2D eigenvalue weighted by Gasteiger charge is 2.18. The molecule has 30 heavy (non-hydrogen) atoms. The summed E-state index contributed by atoms with van der Waals surface area (Å²) in [4.78, 5) is 52.8. The molecule has 8 nitrogen and oxygen atoms in total. The van der Waals surface area contributed by atoms with Crippen LogP contribution in [0.15, 0.2) is 47.3 Å². The molecule has 1 aliphatic heterocycles. The highest BCUT2D eigenvalue weighted by molar-refractivity contribution is 5.99. The van der Waals surface area contributed by atoms with Gasteiger partial charge in [-0.15, -0.1) is 0 Å². The second kappa shape index (κ2) is 7.90. The van der Waals surface area contributed by atoms with E-state index >= 15 is 0 Å². The Balaban J connectivity index is 1.44. The number of benzene rings is 2. The third kappa shape index (κ3) is 3.84. The van der Waals surface area contributed by atoms with Crippen LogP contribution in [0, 0.1) is 0 Å². The van der Waals surface area contributed by atoms with Crippen molar-refractivity contribution >= 4 is 34.3 Å². The maximum Gasteiger partial charge on any atom is 0.338 e. The molecule has 1 amide bonds. The van der Waals surface area contributed by atoms with Gasteiger partial charge in [0, 0.05) is 24.2 Å². The third-order valence-electron chi connectivity index (χ3n) is 4.94. The van der Waals surface area contributed by atoms with Crippen LogP contribution in [0.2, 0.25) is 0 Å². The summed E-state index contributed by atoms with van der Waals surface area (Å²) in [5, 5.41) is 3.03. The Labute approximate surface area is 171 Å². The van der Waals surface area contributed by atoms with Gasteiger partial charge in [-0.2, -0.15) is 0 Å². The summed E-state index contributed by atoms with van der Waals surface area (Å²) in [7, 11) is 0. The lowest BCUT2D eigenvalue weighted by Gasteiger charge is -2.09. The zero-order valence-corrected chi connectivity index (χ0v) is 16.3. The SMILES string of the molecule is CC(=O)c1cccc(NC(=O)COC(=O)c2ccc3c(=O)n4c(nc3c2)CCC4)c1. The van der Waals surface area contributed by atoms with Gasteiger partial charge < -0.3 is 10.1 Å². The number of hydrogen-bond acceptors (Lipinski definition) is 6. The van der Waals surface area contributed by atoms with Crippen LogP contribution in [-0.2, 0) is 22.5 Å². The highest BCUT2D eigenvalue weighted by Crippen LogP contribution is 2.17. The van der Waals surface area contributed by atoms with Crippen LogP contribution in [0.3, 0.4) is 0 Å². The van der Waals surface area contributed by atoms with Gasteiger partial charge in [-0.05, 0) is 43.7 Å². The molecule has 2 aromatic carbocycles. The van der Waals surface area contributed by atoms with Crippen molar-refractivity contribution in [3.63, 3.8) is 0 Å². The fourth-order valence-corrected chi connectivity index (χ4v) is 3.44. The van der Waals surface area contributed by atoms with Gasteiger partial charge in [0.2, 0.25) is 0 Å². The molecule has 0 saturated carbocycles. The van der Waals surface area contributed by atoms with Crippen LogP contribution in [0.4, 0.5) is 5.69 Å². The first kappa shape index (κ1) is 19.5. The summed E-state index contributed by atoms with van der Waals surface area (Å²) in [6.45, 7) is 1.61. The number of Topliss-reactive ketones (excluding diaryl/α,β-unsaturated/α-hetero) is 1. The lowest BCUT2D eigenvalue weighted by Crippen LogP contribution is -2.22. The third-order valence-corrected chi connectivity index (χ3v) is 4.94. The number of carbonyl (C=O) groups is 3. The summed E-state index contributed by atoms with van der Waals surface area (Å²) in [6, 6.07) is 11.0. The first-order valence-electron chi connectivity index (χ1n) is 9.54. The summed E-state index contributed by atoms with van der Waals surface area (Å²) in [5.74, 6) is -0.621. The van der Waals surface area contributed by atoms with Gasteiger partial charge >= 0.3 is 5.97 Å². The van der Waals surface area contributed by atoms with E-state index in [2.05, 4.69) is 10.3 Å². The van der Waals surface area contributed by atoms with Gasteiger partial charge in [-0.3, -0.25) is 19.0 Å². The quantitative estimate of drug-likeness (QED) is 0.516. The maximum atomic E-state index is 12.5. The second-order valence-electron chi connectivity index (χ2n) is 7.08. The molecule has 0 atom stereocenters. The van der Waals surface area contributed by atoms with Gasteiger partial charge in [0.25, 0.3) is 11.5 Å². The average Bonchev–Trinajstić information content (AvgIpc) is 3.20. The van der Waals surface area contributed by atoms with Crippen molar-refractivity contribution in [2.24, 2.45) is 0 Å². The number of aromatic nitrogens is 2. The van der Waals surface area contributed by atoms with Crippen molar-refractivity contribution in [1.82, 2.24) is 9.55 Å². The Hall–Kier alpha value is -3.81. The number of amides is 1. The number of ketones is 1. The zero-order valence-electron chi connectivity index (χ0n) is 16.3. The number of anilines is 1. The Morgan fingerprint density at radius 2 is 1.97 bits per heavy atom. The molecular formula is C22H19N3O5. The second-order valence-corrected chi connectivity index (χ2v) is 7.08. The fourth-order valence-electron chi connectivity index (χ4n) is 3.44. The first-order valence-corrected chi connectivity index (χ1v) is 9.54. The fraction of sp³-hybridized carbons (Fsp3) is 0.227. The minimum atomic E-state index is -0.688. The van der Waals surface area contributed by atoms with Crippen LogP contribution in [0.25, 0.3) is 10.9 Å². The van der Waals surface area contributed by atoms with Gasteiger partial charge in [0.15, 0.2) is 12.4 Å². The molecule has 152 valence electrons. The van der Waals surface area contributed by atoms with Crippen LogP contribution < -0.4 is 10.9 Å². The predicted octanol–water partition coefficient (Wildman–Crippen LogP) is 2.34. The van der Waals surface area contributed by atoms with E-state index in [1.807, 2.05) is 0 Å². The largest absolute Gasteiger partial charge is 0.452 e. The van der Waals surface area contributed by atoms with Crippen molar-refractivity contribution in [3.8, 4) is 0 Å². The molecule has 2 heterocycles. The average molecular weight is 405 g/mol. The molecular weight excluding hydrogens is 386 g/mol. The molecule has 0 fully saturated rings. The first-order chi connectivity index (χ1) is 14.4. The summed E-state index contributed by atoms with van der Waals surface area (Å²) >= 11 is 0. The predicted molar refractivity (Wildman–Crippen MR) is 110 cm³/mol. The Morgan fingerprint density at radius 1 is 1.13 bits per heavy atom. The number of carbonyl (C=O) groups excluding carboxylic acids is 3. The molecule has 3 aromatic rings. The topological polar surface area (TPSA) is 107 Å². The lowest BCUT2D eigenvalue weighted by atomic mass is 10.1. The Kier molecular flexibility index (Phi) is 5.14. The number of ether oxygens (including phenoxy) is 1. The molecule has 1 N–H and O–H groups in total. The molecule has 0 unspecified atom stereocenters. The molecule has 0 saturated heterocycles. The molecule has 4 rings (SSSR count). The minimum Gasteiger partial charge on any atom is -0.452 e. The van der Waals surface area contributed by atoms with Gasteiger partial charge in [0.1, 0.15) is 5.82 Å². The van der Waals surface area contributed by atoms with Crippen LogP contribution in [0.5, 0.6) is 0 Å². The Morgan fingerprint density at radius 3 is 2.77 bits per heavy atom. The van der Waals surface area contributed by atoms with E-state index in [0.29, 0.717) is 34.5 Å². The highest BCUT2D eigenvalue weighted by atomic mass is 16.5. The van der Waals surface area contributed by atoms with E-state index in [1.165, 1.54) is 19.1 Å². The van der Waals surface area contributed by atoms with Crippen molar-refractivity contribution in [2.75, 3.05) is 11.9 Å². The van der Waals surface area contributed by atoms with E-state index < -0.39 is 18.5 Å². The lowest BCUT2D eigenvalue weighted by molar-refractivity contribution is -0.119. The number of esters is 1. The molecule has 0 spiro atoms. The van der Waals surface area contributed by atoms with Crippen LogP contribution >= 0.6 is 0 Å². The van der Waals surface area contributed by atoms with E-state index in [-0.39, 0.29) is 16.9 Å². The van der Waals surface area contributed by atoms with Crippen molar-refractivity contribution in [1.29, 1.82) is 0 Å². The van der Waals surface area contributed by atoms with Gasteiger partial charge in [0.05, 0.1) is 16.5 Å². The van der Waals surface area contributed by atoms with Crippen molar-refractivity contribution < 1.29 is 19.1 Å². The normalized spacial score (nSPS) is 12.4. The molecule has 0 aliphatic carbocycles. The number of nitrogens with zero attached hydrogens (tertiary/aromatic N) is 2. The number of hydrogen-bond donors (Lipinski definition) is 1. The van der Waals surface area contributed by atoms with Crippen molar-refractivity contribution in [3.05, 3.63) is 69.8 Å². The van der Waals surface area contributed by atoms with E-state index in [4.69, 9.17) is 4.74 Å². The Bertz CT molecular complexity index is 1250.